The molecule has 0 atom stereocenters. The van der Waals surface area contributed by atoms with Crippen LogP contribution in [-0.4, -0.2) is 13.7 Å². The SMILES string of the molecule is Cn1c(P(=O)(c2ccccc2)c2ccccc2)ccc1P(=O)(c1ccc(P(=O)(c2ccccc2)c2ccccc2)n1C)c1ccc(P(=O)(c2ccccc2)c2ccccc2)n1C. The predicted octanol–water partition coefficient (Wildman–Crippen LogP) is 6.26. The van der Waals surface area contributed by atoms with Crippen LogP contribution in [0.1, 0.15) is 0 Å². The quantitative estimate of drug-likeness (QED) is 0.136. The van der Waals surface area contributed by atoms with Gasteiger partial charge >= 0.3 is 0 Å². The molecule has 0 spiro atoms. The first-order valence-electron chi connectivity index (χ1n) is 20.3. The van der Waals surface area contributed by atoms with Gasteiger partial charge in [0, 0.05) is 53.0 Å². The highest BCUT2D eigenvalue weighted by Gasteiger charge is 2.44. The standard InChI is InChI=1S/C51H45N3O4P4/c1-52-46(59(55,40-22-10-4-11-23-40)41-24-12-5-13-25-41)34-37-49(52)62(58,50-38-35-47(53(50)2)60(56,42-26-14-6-15-27-42)43-28-16-7-17-29-43)51-39-36-48(54(51)3)61(57,44-30-18-8-19-31-44)45-32-20-9-21-33-45/h4-39H,1-3H3. The third-order valence-electron chi connectivity index (χ3n) is 11.9. The lowest BCUT2D eigenvalue weighted by Crippen LogP contribution is -2.41. The van der Waals surface area contributed by atoms with Gasteiger partial charge in [-0.05, 0) is 36.4 Å². The molecule has 6 aromatic carbocycles. The van der Waals surface area contributed by atoms with Gasteiger partial charge in [-0.25, -0.2) is 0 Å². The minimum absolute atomic E-state index is 0.420. The number of benzene rings is 6. The summed E-state index contributed by atoms with van der Waals surface area (Å²) in [4.78, 5) is 0. The monoisotopic (exact) mass is 887 g/mol. The summed E-state index contributed by atoms with van der Waals surface area (Å²) in [6.45, 7) is 0. The Morgan fingerprint density at radius 1 is 0.226 bits per heavy atom. The van der Waals surface area contributed by atoms with Crippen LogP contribution >= 0.6 is 28.6 Å². The van der Waals surface area contributed by atoms with Gasteiger partial charge in [0.25, 0.3) is 0 Å². The molecule has 0 radical (unpaired) electrons. The first-order chi connectivity index (χ1) is 30.0. The summed E-state index contributed by atoms with van der Waals surface area (Å²) in [7, 11) is -9.20. The lowest BCUT2D eigenvalue weighted by Gasteiger charge is -2.27. The zero-order valence-corrected chi connectivity index (χ0v) is 38.1. The summed E-state index contributed by atoms with van der Waals surface area (Å²) in [5.41, 5.74) is 2.78. The molecule has 62 heavy (non-hydrogen) atoms. The van der Waals surface area contributed by atoms with Gasteiger partial charge in [0.1, 0.15) is 0 Å². The van der Waals surface area contributed by atoms with Crippen molar-refractivity contribution in [3.05, 3.63) is 218 Å². The number of aromatic nitrogens is 3. The molecule has 11 heteroatoms. The van der Waals surface area contributed by atoms with Gasteiger partial charge in [-0.3, -0.25) is 0 Å². The van der Waals surface area contributed by atoms with Crippen molar-refractivity contribution < 1.29 is 18.3 Å². The predicted molar refractivity (Wildman–Crippen MR) is 261 cm³/mol. The van der Waals surface area contributed by atoms with Crippen LogP contribution < -0.4 is 64.4 Å². The van der Waals surface area contributed by atoms with Gasteiger partial charge in [-0.2, -0.15) is 0 Å². The molecule has 0 unspecified atom stereocenters. The van der Waals surface area contributed by atoms with Crippen LogP contribution in [0.5, 0.6) is 0 Å². The van der Waals surface area contributed by atoms with E-state index in [4.69, 9.17) is 0 Å². The van der Waals surface area contributed by atoms with Crippen LogP contribution in [0.25, 0.3) is 0 Å². The Balaban J connectivity index is 1.33. The first-order valence-corrected chi connectivity index (χ1v) is 27.1. The van der Waals surface area contributed by atoms with E-state index < -0.39 is 28.6 Å². The van der Waals surface area contributed by atoms with Crippen molar-refractivity contribution in [1.29, 1.82) is 0 Å². The van der Waals surface area contributed by atoms with E-state index in [2.05, 4.69) is 0 Å². The molecule has 0 N–H and O–H groups in total. The Bertz CT molecular complexity index is 2740. The van der Waals surface area contributed by atoms with E-state index in [1.54, 1.807) is 0 Å². The first kappa shape index (κ1) is 41.4. The van der Waals surface area contributed by atoms with Gasteiger partial charge in [-0.15, -0.1) is 0 Å². The average Bonchev–Trinajstić information content (AvgIpc) is 4.06. The zero-order chi connectivity index (χ0) is 43.1. The molecule has 308 valence electrons. The summed E-state index contributed by atoms with van der Waals surface area (Å²) in [6.07, 6.45) is 0. The Kier molecular flexibility index (Phi) is 11.0. The number of rotatable bonds is 12. The van der Waals surface area contributed by atoms with E-state index in [9.17, 15) is 0 Å². The van der Waals surface area contributed by atoms with Crippen molar-refractivity contribution in [1.82, 2.24) is 13.7 Å². The Labute approximate surface area is 362 Å². The molecule has 3 heterocycles. The van der Waals surface area contributed by atoms with Crippen LogP contribution in [0.4, 0.5) is 0 Å². The molecule has 3 aromatic heterocycles. The molecule has 0 saturated heterocycles. The minimum Gasteiger partial charge on any atom is -0.338 e. The topological polar surface area (TPSA) is 83.1 Å². The van der Waals surface area contributed by atoms with Gasteiger partial charge < -0.3 is 32.0 Å². The number of hydrogen-bond donors (Lipinski definition) is 0. The molecule has 0 aliphatic carbocycles. The molecule has 7 nitrogen and oxygen atoms in total. The normalized spacial score (nSPS) is 12.4. The molecule has 0 amide bonds. The maximum atomic E-state index is 17.2. The van der Waals surface area contributed by atoms with E-state index in [1.807, 2.05) is 253 Å². The summed E-state index contributed by atoms with van der Waals surface area (Å²) in [6, 6.07) is 67.4. The number of nitrogens with zero attached hydrogens (tertiary/aromatic N) is 3. The van der Waals surface area contributed by atoms with E-state index in [0.717, 1.165) is 0 Å². The van der Waals surface area contributed by atoms with Crippen molar-refractivity contribution in [2.45, 2.75) is 0 Å². The zero-order valence-electron chi connectivity index (χ0n) is 34.5. The second-order valence-corrected chi connectivity index (χ2v) is 26.0. The fourth-order valence-corrected chi connectivity index (χ4v) is 20.7. The van der Waals surface area contributed by atoms with Gasteiger partial charge in [0.15, 0.2) is 21.4 Å². The lowest BCUT2D eigenvalue weighted by molar-refractivity contribution is 0.588. The maximum absolute atomic E-state index is 17.2. The van der Waals surface area contributed by atoms with Crippen molar-refractivity contribution in [3.63, 3.8) is 0 Å². The van der Waals surface area contributed by atoms with Crippen LogP contribution in [0.2, 0.25) is 0 Å². The molecule has 0 bridgehead atoms. The second-order valence-electron chi connectivity index (χ2n) is 15.3. The Morgan fingerprint density at radius 3 is 0.532 bits per heavy atom. The summed E-state index contributed by atoms with van der Waals surface area (Å²) in [5, 5.41) is 3.89. The molecule has 0 saturated carbocycles. The van der Waals surface area contributed by atoms with Crippen molar-refractivity contribution in [2.75, 3.05) is 0 Å². The van der Waals surface area contributed by atoms with Crippen molar-refractivity contribution >= 4 is 93.0 Å². The fourth-order valence-electron chi connectivity index (χ4n) is 8.79. The molecule has 0 aliphatic heterocycles. The van der Waals surface area contributed by atoms with Crippen LogP contribution in [0.15, 0.2) is 218 Å². The highest BCUT2D eigenvalue weighted by Crippen LogP contribution is 2.50. The molecular formula is C51H45N3O4P4. The third-order valence-corrected chi connectivity index (χ3v) is 24.6. The molecule has 0 aliphatic rings. The highest BCUT2D eigenvalue weighted by atomic mass is 31.2. The minimum atomic E-state index is -4.06. The molecular weight excluding hydrogens is 842 g/mol. The van der Waals surface area contributed by atoms with Crippen LogP contribution in [0.3, 0.4) is 0 Å². The summed E-state index contributed by atoms with van der Waals surface area (Å²) >= 11 is 0. The second kappa shape index (κ2) is 16.4. The van der Waals surface area contributed by atoms with Gasteiger partial charge in [0.2, 0.25) is 7.14 Å². The molecule has 0 fully saturated rings. The van der Waals surface area contributed by atoms with Crippen LogP contribution in [-0.2, 0) is 39.4 Å². The van der Waals surface area contributed by atoms with Crippen molar-refractivity contribution in [3.8, 4) is 0 Å². The Hall–Kier alpha value is -5.92. The van der Waals surface area contributed by atoms with E-state index >= 15 is 18.3 Å². The van der Waals surface area contributed by atoms with E-state index in [-0.39, 0.29) is 0 Å². The van der Waals surface area contributed by atoms with Crippen LogP contribution in [0, 0.1) is 0 Å². The third kappa shape index (κ3) is 6.50. The lowest BCUT2D eigenvalue weighted by atomic mass is 10.4. The molecule has 9 rings (SSSR count). The number of hydrogen-bond acceptors (Lipinski definition) is 4. The van der Waals surface area contributed by atoms with Gasteiger partial charge in [-0.1, -0.05) is 182 Å². The fraction of sp³-hybridized carbons (Fsp3) is 0.0588. The Morgan fingerprint density at radius 2 is 0.371 bits per heavy atom. The smallest absolute Gasteiger partial charge is 0.217 e. The van der Waals surface area contributed by atoms with Gasteiger partial charge in [0.05, 0.1) is 32.6 Å². The molecule has 9 aromatic rings. The summed E-state index contributed by atoms with van der Waals surface area (Å²) < 4.78 is 70.3. The average molecular weight is 888 g/mol. The summed E-state index contributed by atoms with van der Waals surface area (Å²) in [5.74, 6) is 0. The highest BCUT2D eigenvalue weighted by molar-refractivity contribution is 7.87. The largest absolute Gasteiger partial charge is 0.338 e. The maximum Gasteiger partial charge on any atom is 0.217 e. The van der Waals surface area contributed by atoms with Crippen molar-refractivity contribution in [2.24, 2.45) is 21.1 Å². The van der Waals surface area contributed by atoms with E-state index in [1.165, 1.54) is 0 Å². The van der Waals surface area contributed by atoms with E-state index in [0.29, 0.717) is 64.4 Å².